The SMILES string of the molecule is CCCCOc1ccc(/C=N/NC(=S)Nc2ccc(OC)cc2)cc1. The summed E-state index contributed by atoms with van der Waals surface area (Å²) in [6.07, 6.45) is 3.89. The van der Waals surface area contributed by atoms with Gasteiger partial charge in [-0.3, -0.25) is 5.43 Å². The number of ether oxygens (including phenoxy) is 2. The highest BCUT2D eigenvalue weighted by atomic mass is 32.1. The number of hydrogen-bond donors (Lipinski definition) is 2. The van der Waals surface area contributed by atoms with Crippen LogP contribution in [-0.2, 0) is 0 Å². The average molecular weight is 357 g/mol. The van der Waals surface area contributed by atoms with Gasteiger partial charge in [-0.2, -0.15) is 5.10 Å². The summed E-state index contributed by atoms with van der Waals surface area (Å²) in [5.74, 6) is 1.67. The second-order valence-corrected chi connectivity index (χ2v) is 5.73. The Labute approximate surface area is 154 Å². The van der Waals surface area contributed by atoms with E-state index in [4.69, 9.17) is 21.7 Å². The van der Waals surface area contributed by atoms with Crippen LogP contribution < -0.4 is 20.2 Å². The van der Waals surface area contributed by atoms with E-state index in [9.17, 15) is 0 Å². The Hall–Kier alpha value is -2.60. The largest absolute Gasteiger partial charge is 0.497 e. The molecule has 0 spiro atoms. The van der Waals surface area contributed by atoms with Crippen molar-refractivity contribution >= 4 is 29.2 Å². The Morgan fingerprint density at radius 2 is 1.76 bits per heavy atom. The number of benzene rings is 2. The quantitative estimate of drug-likeness (QED) is 0.321. The van der Waals surface area contributed by atoms with Crippen molar-refractivity contribution in [3.05, 3.63) is 54.1 Å². The molecule has 2 rings (SSSR count). The summed E-state index contributed by atoms with van der Waals surface area (Å²) in [5.41, 5.74) is 4.62. The fourth-order valence-corrected chi connectivity index (χ4v) is 2.15. The van der Waals surface area contributed by atoms with Crippen LogP contribution in [0.15, 0.2) is 53.6 Å². The van der Waals surface area contributed by atoms with Gasteiger partial charge >= 0.3 is 0 Å². The zero-order valence-corrected chi connectivity index (χ0v) is 15.3. The van der Waals surface area contributed by atoms with Crippen LogP contribution >= 0.6 is 12.2 Å². The molecule has 0 aromatic heterocycles. The van der Waals surface area contributed by atoms with Crippen molar-refractivity contribution < 1.29 is 9.47 Å². The summed E-state index contributed by atoms with van der Waals surface area (Å²) >= 11 is 5.21. The topological polar surface area (TPSA) is 54.9 Å². The number of hydrazone groups is 1. The number of nitrogens with zero attached hydrogens (tertiary/aromatic N) is 1. The standard InChI is InChI=1S/C19H23N3O2S/c1-3-4-13-24-18-9-5-15(6-10-18)14-20-22-19(25)21-16-7-11-17(23-2)12-8-16/h5-12,14H,3-4,13H2,1-2H3,(H2,21,22,25)/b20-14+. The maximum atomic E-state index is 5.63. The summed E-state index contributed by atoms with van der Waals surface area (Å²) in [7, 11) is 1.63. The predicted octanol–water partition coefficient (Wildman–Crippen LogP) is 4.19. The number of thiocarbonyl (C=S) groups is 1. The molecule has 2 aromatic carbocycles. The molecular formula is C19H23N3O2S. The zero-order valence-electron chi connectivity index (χ0n) is 14.5. The highest BCUT2D eigenvalue weighted by Gasteiger charge is 1.97. The normalized spacial score (nSPS) is 10.5. The van der Waals surface area contributed by atoms with E-state index in [2.05, 4.69) is 22.8 Å². The van der Waals surface area contributed by atoms with E-state index < -0.39 is 0 Å². The molecule has 0 aliphatic carbocycles. The lowest BCUT2D eigenvalue weighted by Crippen LogP contribution is -2.23. The van der Waals surface area contributed by atoms with Gasteiger partial charge in [-0.25, -0.2) is 0 Å². The zero-order chi connectivity index (χ0) is 17.9. The molecule has 0 aliphatic heterocycles. The van der Waals surface area contributed by atoms with Gasteiger partial charge in [0.05, 0.1) is 19.9 Å². The second kappa shape index (κ2) is 10.3. The highest BCUT2D eigenvalue weighted by Crippen LogP contribution is 2.15. The first-order chi connectivity index (χ1) is 12.2. The minimum atomic E-state index is 0.418. The van der Waals surface area contributed by atoms with E-state index in [1.807, 2.05) is 48.5 Å². The van der Waals surface area contributed by atoms with Gasteiger partial charge in [-0.1, -0.05) is 13.3 Å². The van der Waals surface area contributed by atoms with Crippen molar-refractivity contribution in [2.45, 2.75) is 19.8 Å². The minimum Gasteiger partial charge on any atom is -0.497 e. The molecule has 0 heterocycles. The van der Waals surface area contributed by atoms with Gasteiger partial charge in [0.2, 0.25) is 0 Å². The van der Waals surface area contributed by atoms with Crippen LogP contribution in [-0.4, -0.2) is 25.0 Å². The van der Waals surface area contributed by atoms with E-state index in [-0.39, 0.29) is 0 Å². The van der Waals surface area contributed by atoms with Crippen molar-refractivity contribution in [3.8, 4) is 11.5 Å². The number of nitrogens with one attached hydrogen (secondary N) is 2. The lowest BCUT2D eigenvalue weighted by molar-refractivity contribution is 0.309. The predicted molar refractivity (Wildman–Crippen MR) is 107 cm³/mol. The summed E-state index contributed by atoms with van der Waals surface area (Å²) in [5, 5.41) is 7.60. The molecule has 25 heavy (non-hydrogen) atoms. The molecular weight excluding hydrogens is 334 g/mol. The molecule has 6 heteroatoms. The average Bonchev–Trinajstić information content (AvgIpc) is 2.64. The smallest absolute Gasteiger partial charge is 0.191 e. The molecule has 0 unspecified atom stereocenters. The van der Waals surface area contributed by atoms with Crippen LogP contribution in [0.2, 0.25) is 0 Å². The third-order valence-corrected chi connectivity index (χ3v) is 3.57. The van der Waals surface area contributed by atoms with E-state index in [0.29, 0.717) is 5.11 Å². The summed E-state index contributed by atoms with van der Waals surface area (Å²) in [6.45, 7) is 2.89. The Morgan fingerprint density at radius 3 is 2.40 bits per heavy atom. The van der Waals surface area contributed by atoms with Crippen LogP contribution in [0.25, 0.3) is 0 Å². The molecule has 0 amide bonds. The van der Waals surface area contributed by atoms with Gasteiger partial charge in [-0.05, 0) is 72.7 Å². The molecule has 0 saturated carbocycles. The number of unbranched alkanes of at least 4 members (excludes halogenated alkanes) is 1. The van der Waals surface area contributed by atoms with Gasteiger partial charge in [0, 0.05) is 5.69 Å². The molecule has 2 N–H and O–H groups in total. The van der Waals surface area contributed by atoms with E-state index in [0.717, 1.165) is 42.2 Å². The van der Waals surface area contributed by atoms with Crippen molar-refractivity contribution in [1.82, 2.24) is 5.43 Å². The Bertz CT molecular complexity index is 685. The first kappa shape index (κ1) is 18.7. The maximum absolute atomic E-state index is 5.63. The molecule has 2 aromatic rings. The molecule has 0 radical (unpaired) electrons. The van der Waals surface area contributed by atoms with Gasteiger partial charge in [-0.15, -0.1) is 0 Å². The molecule has 0 fully saturated rings. The Balaban J connectivity index is 1.78. The highest BCUT2D eigenvalue weighted by molar-refractivity contribution is 7.80. The lowest BCUT2D eigenvalue weighted by Gasteiger charge is -2.07. The monoisotopic (exact) mass is 357 g/mol. The summed E-state index contributed by atoms with van der Waals surface area (Å²) in [6, 6.07) is 15.3. The van der Waals surface area contributed by atoms with Gasteiger partial charge < -0.3 is 14.8 Å². The fourth-order valence-electron chi connectivity index (χ4n) is 1.98. The molecule has 0 bridgehead atoms. The third kappa shape index (κ3) is 6.81. The molecule has 0 atom stereocenters. The van der Waals surface area contributed by atoms with Crippen molar-refractivity contribution in [3.63, 3.8) is 0 Å². The molecule has 132 valence electrons. The molecule has 0 saturated heterocycles. The number of hydrogen-bond acceptors (Lipinski definition) is 4. The van der Waals surface area contributed by atoms with Crippen LogP contribution in [0, 0.1) is 0 Å². The lowest BCUT2D eigenvalue weighted by atomic mass is 10.2. The first-order valence-corrected chi connectivity index (χ1v) is 8.59. The minimum absolute atomic E-state index is 0.418. The molecule has 5 nitrogen and oxygen atoms in total. The van der Waals surface area contributed by atoms with Gasteiger partial charge in [0.15, 0.2) is 5.11 Å². The third-order valence-electron chi connectivity index (χ3n) is 3.37. The first-order valence-electron chi connectivity index (χ1n) is 8.18. The summed E-state index contributed by atoms with van der Waals surface area (Å²) < 4.78 is 10.7. The Morgan fingerprint density at radius 1 is 1.08 bits per heavy atom. The molecule has 0 aliphatic rings. The van der Waals surface area contributed by atoms with Crippen molar-refractivity contribution in [2.75, 3.05) is 19.0 Å². The van der Waals surface area contributed by atoms with Gasteiger partial charge in [0.1, 0.15) is 11.5 Å². The Kier molecular flexibility index (Phi) is 7.72. The summed E-state index contributed by atoms with van der Waals surface area (Å²) in [4.78, 5) is 0. The van der Waals surface area contributed by atoms with Crippen LogP contribution in [0.5, 0.6) is 11.5 Å². The van der Waals surface area contributed by atoms with E-state index >= 15 is 0 Å². The number of rotatable bonds is 8. The van der Waals surface area contributed by atoms with Crippen LogP contribution in [0.4, 0.5) is 5.69 Å². The second-order valence-electron chi connectivity index (χ2n) is 5.32. The van der Waals surface area contributed by atoms with Crippen LogP contribution in [0.1, 0.15) is 25.3 Å². The maximum Gasteiger partial charge on any atom is 0.191 e. The van der Waals surface area contributed by atoms with E-state index in [1.54, 1.807) is 13.3 Å². The van der Waals surface area contributed by atoms with E-state index in [1.165, 1.54) is 0 Å². The van der Waals surface area contributed by atoms with Gasteiger partial charge in [0.25, 0.3) is 0 Å². The van der Waals surface area contributed by atoms with Crippen molar-refractivity contribution in [2.24, 2.45) is 5.10 Å². The number of methoxy groups -OCH3 is 1. The van der Waals surface area contributed by atoms with Crippen LogP contribution in [0.3, 0.4) is 0 Å². The van der Waals surface area contributed by atoms with Crippen molar-refractivity contribution in [1.29, 1.82) is 0 Å². The number of anilines is 1. The fraction of sp³-hybridized carbons (Fsp3) is 0.263.